The molecule has 0 spiro atoms. The maximum atomic E-state index is 3.63. The third kappa shape index (κ3) is 12.3. The van der Waals surface area contributed by atoms with Crippen molar-refractivity contribution in [3.8, 4) is 0 Å². The van der Waals surface area contributed by atoms with Gasteiger partial charge in [0.05, 0.1) is 0 Å². The van der Waals surface area contributed by atoms with Crippen LogP contribution in [0.4, 0.5) is 0 Å². The highest BCUT2D eigenvalue weighted by atomic mass is 14.9. The van der Waals surface area contributed by atoms with Gasteiger partial charge in [-0.1, -0.05) is 108 Å². The molecule has 0 aromatic heterocycles. The predicted octanol–water partition coefficient (Wildman–Crippen LogP) is 6.87. The summed E-state index contributed by atoms with van der Waals surface area (Å²) in [5, 5.41) is 3.63. The molecule has 0 bridgehead atoms. The second kappa shape index (κ2) is 14.8. The Balaban J connectivity index is 1.83. The van der Waals surface area contributed by atoms with Crippen LogP contribution in [-0.2, 0) is 6.54 Å². The zero-order valence-electron chi connectivity index (χ0n) is 15.7. The standard InChI is InChI=1S/C22H39N/c1-3-4-5-6-7-8-9-10-11-12-14-17-21(2)23-20-22-18-15-13-16-19-22/h13,15-16,18-19,21,23H,3-12,14,17,20H2,1-2H3/t21-/m0/s1. The van der Waals surface area contributed by atoms with E-state index in [1.54, 1.807) is 0 Å². The molecule has 1 rings (SSSR count). The lowest BCUT2D eigenvalue weighted by atomic mass is 10.0. The predicted molar refractivity (Wildman–Crippen MR) is 104 cm³/mol. The molecule has 23 heavy (non-hydrogen) atoms. The summed E-state index contributed by atoms with van der Waals surface area (Å²) in [5.41, 5.74) is 1.39. The molecule has 132 valence electrons. The molecule has 0 amide bonds. The van der Waals surface area contributed by atoms with E-state index in [0.29, 0.717) is 6.04 Å². The highest BCUT2D eigenvalue weighted by Gasteiger charge is 2.01. The highest BCUT2D eigenvalue weighted by molar-refractivity contribution is 5.14. The van der Waals surface area contributed by atoms with Crippen molar-refractivity contribution in [2.24, 2.45) is 0 Å². The summed E-state index contributed by atoms with van der Waals surface area (Å²) in [6.45, 7) is 5.61. The highest BCUT2D eigenvalue weighted by Crippen LogP contribution is 2.12. The van der Waals surface area contributed by atoms with Crippen molar-refractivity contribution in [2.45, 2.75) is 103 Å². The van der Waals surface area contributed by atoms with Gasteiger partial charge in [-0.3, -0.25) is 0 Å². The number of rotatable bonds is 15. The van der Waals surface area contributed by atoms with Gasteiger partial charge in [0.25, 0.3) is 0 Å². The molecule has 0 heterocycles. The van der Waals surface area contributed by atoms with Crippen molar-refractivity contribution in [3.63, 3.8) is 0 Å². The number of unbranched alkanes of at least 4 members (excludes halogenated alkanes) is 10. The van der Waals surface area contributed by atoms with Crippen LogP contribution >= 0.6 is 0 Å². The Bertz CT molecular complexity index is 346. The van der Waals surface area contributed by atoms with E-state index in [0.717, 1.165) is 6.54 Å². The van der Waals surface area contributed by atoms with E-state index in [-0.39, 0.29) is 0 Å². The Morgan fingerprint density at radius 2 is 1.26 bits per heavy atom. The minimum absolute atomic E-state index is 0.633. The summed E-state index contributed by atoms with van der Waals surface area (Å²) < 4.78 is 0. The van der Waals surface area contributed by atoms with Gasteiger partial charge in [-0.25, -0.2) is 0 Å². The number of benzene rings is 1. The lowest BCUT2D eigenvalue weighted by Gasteiger charge is -2.13. The SMILES string of the molecule is CCCCCCCCCCCCC[C@H](C)NCc1ccccc1. The Labute approximate surface area is 145 Å². The molecule has 0 saturated heterocycles. The zero-order chi connectivity index (χ0) is 16.6. The Morgan fingerprint density at radius 1 is 0.739 bits per heavy atom. The maximum absolute atomic E-state index is 3.63. The average molecular weight is 318 g/mol. The van der Waals surface area contributed by atoms with Gasteiger partial charge in [0, 0.05) is 12.6 Å². The zero-order valence-corrected chi connectivity index (χ0v) is 15.7. The van der Waals surface area contributed by atoms with Crippen LogP contribution in [0.5, 0.6) is 0 Å². The Hall–Kier alpha value is -0.820. The van der Waals surface area contributed by atoms with Crippen molar-refractivity contribution in [1.29, 1.82) is 0 Å². The molecule has 1 aromatic rings. The van der Waals surface area contributed by atoms with E-state index < -0.39 is 0 Å². The van der Waals surface area contributed by atoms with E-state index in [4.69, 9.17) is 0 Å². The molecule has 0 unspecified atom stereocenters. The molecule has 0 aliphatic heterocycles. The first-order valence-corrected chi connectivity index (χ1v) is 10.1. The minimum atomic E-state index is 0.633. The fourth-order valence-electron chi connectivity index (χ4n) is 3.10. The molecule has 1 aromatic carbocycles. The van der Waals surface area contributed by atoms with Crippen LogP contribution in [0.15, 0.2) is 30.3 Å². The molecule has 1 N–H and O–H groups in total. The van der Waals surface area contributed by atoms with E-state index in [9.17, 15) is 0 Å². The molecule has 0 aliphatic rings. The summed E-state index contributed by atoms with van der Waals surface area (Å²) in [5.74, 6) is 0. The van der Waals surface area contributed by atoms with E-state index >= 15 is 0 Å². The fraction of sp³-hybridized carbons (Fsp3) is 0.727. The number of hydrogen-bond donors (Lipinski definition) is 1. The van der Waals surface area contributed by atoms with Gasteiger partial charge in [0.15, 0.2) is 0 Å². The van der Waals surface area contributed by atoms with E-state index in [1.165, 1.54) is 82.6 Å². The maximum Gasteiger partial charge on any atom is 0.0207 e. The summed E-state index contributed by atoms with van der Waals surface area (Å²) in [4.78, 5) is 0. The largest absolute Gasteiger partial charge is 0.310 e. The normalized spacial score (nSPS) is 12.4. The molecular formula is C22H39N. The quantitative estimate of drug-likeness (QED) is 0.348. The van der Waals surface area contributed by atoms with Gasteiger partial charge in [0.2, 0.25) is 0 Å². The Morgan fingerprint density at radius 3 is 1.83 bits per heavy atom. The Kier molecular flexibility index (Phi) is 13.0. The summed E-state index contributed by atoms with van der Waals surface area (Å²) in [6, 6.07) is 11.3. The van der Waals surface area contributed by atoms with Crippen LogP contribution in [0.1, 0.15) is 96.5 Å². The third-order valence-electron chi connectivity index (χ3n) is 4.74. The van der Waals surface area contributed by atoms with E-state index in [1.807, 2.05) is 0 Å². The molecule has 1 nitrogen and oxygen atoms in total. The molecular weight excluding hydrogens is 278 g/mol. The lowest BCUT2D eigenvalue weighted by molar-refractivity contribution is 0.475. The van der Waals surface area contributed by atoms with E-state index in [2.05, 4.69) is 49.5 Å². The molecule has 0 fully saturated rings. The fourth-order valence-corrected chi connectivity index (χ4v) is 3.10. The van der Waals surface area contributed by atoms with Gasteiger partial charge in [-0.05, 0) is 18.9 Å². The third-order valence-corrected chi connectivity index (χ3v) is 4.74. The van der Waals surface area contributed by atoms with Crippen molar-refractivity contribution in [1.82, 2.24) is 5.32 Å². The van der Waals surface area contributed by atoms with Crippen molar-refractivity contribution >= 4 is 0 Å². The van der Waals surface area contributed by atoms with Crippen molar-refractivity contribution in [3.05, 3.63) is 35.9 Å². The van der Waals surface area contributed by atoms with Crippen molar-refractivity contribution < 1.29 is 0 Å². The first kappa shape index (κ1) is 20.2. The first-order valence-electron chi connectivity index (χ1n) is 10.1. The molecule has 0 aliphatic carbocycles. The average Bonchev–Trinajstić information content (AvgIpc) is 2.59. The van der Waals surface area contributed by atoms with Gasteiger partial charge in [0.1, 0.15) is 0 Å². The van der Waals surface area contributed by atoms with Crippen LogP contribution in [0.25, 0.3) is 0 Å². The van der Waals surface area contributed by atoms with Crippen LogP contribution in [-0.4, -0.2) is 6.04 Å². The van der Waals surface area contributed by atoms with Gasteiger partial charge in [-0.15, -0.1) is 0 Å². The smallest absolute Gasteiger partial charge is 0.0207 e. The lowest BCUT2D eigenvalue weighted by Crippen LogP contribution is -2.25. The topological polar surface area (TPSA) is 12.0 Å². The van der Waals surface area contributed by atoms with Gasteiger partial charge in [-0.2, -0.15) is 0 Å². The van der Waals surface area contributed by atoms with Crippen LogP contribution in [0, 0.1) is 0 Å². The second-order valence-electron chi connectivity index (χ2n) is 7.09. The van der Waals surface area contributed by atoms with Gasteiger partial charge < -0.3 is 5.32 Å². The minimum Gasteiger partial charge on any atom is -0.310 e. The summed E-state index contributed by atoms with van der Waals surface area (Å²) in [6.07, 6.45) is 17.0. The summed E-state index contributed by atoms with van der Waals surface area (Å²) >= 11 is 0. The van der Waals surface area contributed by atoms with Crippen LogP contribution < -0.4 is 5.32 Å². The number of nitrogens with one attached hydrogen (secondary N) is 1. The monoisotopic (exact) mass is 317 g/mol. The molecule has 1 heteroatoms. The van der Waals surface area contributed by atoms with Gasteiger partial charge >= 0.3 is 0 Å². The number of hydrogen-bond acceptors (Lipinski definition) is 1. The first-order chi connectivity index (χ1) is 11.3. The molecule has 1 atom stereocenters. The molecule has 0 radical (unpaired) electrons. The van der Waals surface area contributed by atoms with Crippen LogP contribution in [0.3, 0.4) is 0 Å². The second-order valence-corrected chi connectivity index (χ2v) is 7.09. The molecule has 0 saturated carbocycles. The summed E-state index contributed by atoms with van der Waals surface area (Å²) in [7, 11) is 0. The van der Waals surface area contributed by atoms with Crippen molar-refractivity contribution in [2.75, 3.05) is 0 Å². The van der Waals surface area contributed by atoms with Crippen LogP contribution in [0.2, 0.25) is 0 Å².